The first-order valence-corrected chi connectivity index (χ1v) is 6.78. The van der Waals surface area contributed by atoms with Gasteiger partial charge in [0.1, 0.15) is 5.02 Å². The molecule has 1 aromatic carbocycles. The highest BCUT2D eigenvalue weighted by molar-refractivity contribution is 6.44. The van der Waals surface area contributed by atoms with Crippen molar-refractivity contribution in [3.05, 3.63) is 39.4 Å². The molecule has 0 radical (unpaired) electrons. The van der Waals surface area contributed by atoms with Gasteiger partial charge in [0, 0.05) is 23.2 Å². The van der Waals surface area contributed by atoms with Crippen molar-refractivity contribution in [1.82, 2.24) is 0 Å². The van der Waals surface area contributed by atoms with E-state index in [1.54, 1.807) is 0 Å². The van der Waals surface area contributed by atoms with Crippen LogP contribution in [0.25, 0.3) is 0 Å². The topological polar surface area (TPSA) is 52.6 Å². The maximum absolute atomic E-state index is 11.5. The van der Waals surface area contributed by atoms with Gasteiger partial charge in [-0.25, -0.2) is 9.59 Å². The zero-order chi connectivity index (χ0) is 15.1. The van der Waals surface area contributed by atoms with Gasteiger partial charge in [-0.15, -0.1) is 0 Å². The van der Waals surface area contributed by atoms with E-state index in [2.05, 4.69) is 0 Å². The van der Waals surface area contributed by atoms with E-state index >= 15 is 0 Å². The summed E-state index contributed by atoms with van der Waals surface area (Å²) in [4.78, 5) is 22.7. The van der Waals surface area contributed by atoms with Crippen LogP contribution in [0.15, 0.2) is 24.3 Å². The number of halogens is 3. The molecule has 4 nitrogen and oxygen atoms in total. The summed E-state index contributed by atoms with van der Waals surface area (Å²) in [5, 5.41) is 0.494. The summed E-state index contributed by atoms with van der Waals surface area (Å²) in [5.41, 5.74) is 0. The van der Waals surface area contributed by atoms with Gasteiger partial charge < -0.3 is 9.47 Å². The molecule has 0 saturated heterocycles. The van der Waals surface area contributed by atoms with E-state index < -0.39 is 11.9 Å². The fourth-order valence-corrected chi connectivity index (χ4v) is 1.76. The number of carbonyl (C=O) groups is 2. The molecule has 0 bridgehead atoms. The fraction of sp³-hybridized carbons (Fsp3) is 0.231. The molecule has 0 saturated carbocycles. The lowest BCUT2D eigenvalue weighted by molar-refractivity contribution is -0.138. The van der Waals surface area contributed by atoms with Crippen molar-refractivity contribution in [1.29, 1.82) is 0 Å². The predicted octanol–water partition coefficient (Wildman–Crippen LogP) is 4.06. The molecule has 1 aromatic rings. The Morgan fingerprint density at radius 3 is 2.45 bits per heavy atom. The standard InChI is InChI=1S/C13H11Cl3O4/c1-2-5-19-11(17)3-4-12(18)20-10-7-8(14)6-9(15)13(10)16/h3-4,6-7H,2,5H2,1H3/b4-3+. The lowest BCUT2D eigenvalue weighted by Gasteiger charge is -2.06. The first-order chi connectivity index (χ1) is 9.43. The van der Waals surface area contributed by atoms with Gasteiger partial charge in [-0.1, -0.05) is 41.7 Å². The third-order valence-corrected chi connectivity index (χ3v) is 2.98. The van der Waals surface area contributed by atoms with Crippen LogP contribution < -0.4 is 4.74 Å². The molecule has 0 aliphatic heterocycles. The van der Waals surface area contributed by atoms with Crippen LogP contribution in [0.3, 0.4) is 0 Å². The molecule has 0 unspecified atom stereocenters. The van der Waals surface area contributed by atoms with E-state index in [-0.39, 0.29) is 27.4 Å². The minimum Gasteiger partial charge on any atom is -0.463 e. The zero-order valence-electron chi connectivity index (χ0n) is 10.5. The molecule has 1 rings (SSSR count). The van der Waals surface area contributed by atoms with Crippen LogP contribution in [0.2, 0.25) is 15.1 Å². The highest BCUT2D eigenvalue weighted by atomic mass is 35.5. The number of ether oxygens (including phenoxy) is 2. The third kappa shape index (κ3) is 5.41. The lowest BCUT2D eigenvalue weighted by Crippen LogP contribution is -2.07. The Balaban J connectivity index is 2.67. The molecule has 0 aliphatic rings. The minimum atomic E-state index is -0.793. The Hall–Kier alpha value is -1.23. The highest BCUT2D eigenvalue weighted by Crippen LogP contribution is 2.35. The number of benzene rings is 1. The van der Waals surface area contributed by atoms with Gasteiger partial charge >= 0.3 is 11.9 Å². The zero-order valence-corrected chi connectivity index (χ0v) is 12.8. The monoisotopic (exact) mass is 336 g/mol. The number of hydrogen-bond donors (Lipinski definition) is 0. The van der Waals surface area contributed by atoms with Crippen LogP contribution in [0, 0.1) is 0 Å². The summed E-state index contributed by atoms with van der Waals surface area (Å²) >= 11 is 17.4. The fourth-order valence-electron chi connectivity index (χ4n) is 1.14. The van der Waals surface area contributed by atoms with Gasteiger partial charge in [0.05, 0.1) is 11.6 Å². The molecule has 0 atom stereocenters. The summed E-state index contributed by atoms with van der Waals surface area (Å²) in [6.07, 6.45) is 2.60. The van der Waals surface area contributed by atoms with E-state index in [1.807, 2.05) is 6.92 Å². The van der Waals surface area contributed by atoms with Crippen molar-refractivity contribution in [2.45, 2.75) is 13.3 Å². The maximum Gasteiger partial charge on any atom is 0.336 e. The van der Waals surface area contributed by atoms with Gasteiger partial charge in [0.25, 0.3) is 0 Å². The normalized spacial score (nSPS) is 10.6. The Bertz CT molecular complexity index is 541. The van der Waals surface area contributed by atoms with E-state index in [0.717, 1.165) is 12.2 Å². The van der Waals surface area contributed by atoms with Crippen LogP contribution in [0.5, 0.6) is 5.75 Å². The first-order valence-electron chi connectivity index (χ1n) is 5.65. The first kappa shape index (κ1) is 16.8. The Morgan fingerprint density at radius 1 is 1.15 bits per heavy atom. The van der Waals surface area contributed by atoms with Crippen LogP contribution in [0.4, 0.5) is 0 Å². The van der Waals surface area contributed by atoms with Crippen molar-refractivity contribution < 1.29 is 19.1 Å². The molecule has 0 aliphatic carbocycles. The average Bonchev–Trinajstić information content (AvgIpc) is 2.39. The summed E-state index contributed by atoms with van der Waals surface area (Å²) in [6, 6.07) is 2.76. The Labute approximate surface area is 131 Å². The summed E-state index contributed by atoms with van der Waals surface area (Å²) in [7, 11) is 0. The molecule has 7 heteroatoms. The van der Waals surface area contributed by atoms with Gasteiger partial charge in [-0.3, -0.25) is 0 Å². The van der Waals surface area contributed by atoms with Crippen LogP contribution >= 0.6 is 34.8 Å². The smallest absolute Gasteiger partial charge is 0.336 e. The van der Waals surface area contributed by atoms with Crippen LogP contribution in [0.1, 0.15) is 13.3 Å². The van der Waals surface area contributed by atoms with E-state index in [1.165, 1.54) is 12.1 Å². The van der Waals surface area contributed by atoms with Crippen molar-refractivity contribution in [3.8, 4) is 5.75 Å². The number of hydrogen-bond acceptors (Lipinski definition) is 4. The predicted molar refractivity (Wildman–Crippen MR) is 77.5 cm³/mol. The van der Waals surface area contributed by atoms with Crippen molar-refractivity contribution in [2.24, 2.45) is 0 Å². The quantitative estimate of drug-likeness (QED) is 0.352. The van der Waals surface area contributed by atoms with E-state index in [4.69, 9.17) is 44.3 Å². The van der Waals surface area contributed by atoms with Crippen LogP contribution in [-0.2, 0) is 14.3 Å². The van der Waals surface area contributed by atoms with Crippen LogP contribution in [-0.4, -0.2) is 18.5 Å². The Kier molecular flexibility index (Phi) is 6.85. The molecule has 0 aromatic heterocycles. The van der Waals surface area contributed by atoms with E-state index in [9.17, 15) is 9.59 Å². The molecule has 0 fully saturated rings. The molecule has 0 heterocycles. The number of carbonyl (C=O) groups excluding carboxylic acids is 2. The van der Waals surface area contributed by atoms with Gasteiger partial charge in [-0.05, 0) is 12.5 Å². The molecular weight excluding hydrogens is 326 g/mol. The van der Waals surface area contributed by atoms with Gasteiger partial charge in [-0.2, -0.15) is 0 Å². The second-order valence-corrected chi connectivity index (χ2v) is 4.84. The molecule has 20 heavy (non-hydrogen) atoms. The van der Waals surface area contributed by atoms with Gasteiger partial charge in [0.2, 0.25) is 0 Å². The second kappa shape index (κ2) is 8.15. The SMILES string of the molecule is CCCOC(=O)/C=C/C(=O)Oc1cc(Cl)cc(Cl)c1Cl. The summed E-state index contributed by atoms with van der Waals surface area (Å²) in [6.45, 7) is 2.14. The minimum absolute atomic E-state index is 0.0146. The highest BCUT2D eigenvalue weighted by Gasteiger charge is 2.11. The molecule has 0 spiro atoms. The van der Waals surface area contributed by atoms with Crippen molar-refractivity contribution >= 4 is 46.7 Å². The summed E-state index contributed by atoms with van der Waals surface area (Å²) in [5.74, 6) is -1.40. The van der Waals surface area contributed by atoms with Gasteiger partial charge in [0.15, 0.2) is 5.75 Å². The summed E-state index contributed by atoms with van der Waals surface area (Å²) < 4.78 is 9.68. The van der Waals surface area contributed by atoms with E-state index in [0.29, 0.717) is 6.42 Å². The number of esters is 2. The Morgan fingerprint density at radius 2 is 1.80 bits per heavy atom. The van der Waals surface area contributed by atoms with Crippen molar-refractivity contribution in [2.75, 3.05) is 6.61 Å². The largest absolute Gasteiger partial charge is 0.463 e. The number of rotatable bonds is 5. The molecular formula is C13H11Cl3O4. The average molecular weight is 338 g/mol. The molecule has 0 amide bonds. The maximum atomic E-state index is 11.5. The second-order valence-electron chi connectivity index (χ2n) is 3.62. The lowest BCUT2D eigenvalue weighted by atomic mass is 10.3. The third-order valence-electron chi connectivity index (χ3n) is 1.97. The molecule has 0 N–H and O–H groups in total. The van der Waals surface area contributed by atoms with Crippen molar-refractivity contribution in [3.63, 3.8) is 0 Å². The molecule has 108 valence electrons.